The van der Waals surface area contributed by atoms with Crippen LogP contribution >= 0.6 is 23.2 Å². The molecule has 3 N–H and O–H groups in total. The maximum absolute atomic E-state index is 14.6. The van der Waals surface area contributed by atoms with E-state index in [9.17, 15) is 13.6 Å². The number of carbonyl (C=O) groups excluding carboxylic acids is 1. The van der Waals surface area contributed by atoms with Gasteiger partial charge in [-0.1, -0.05) is 30.1 Å². The molecule has 0 radical (unpaired) electrons. The molecule has 1 saturated carbocycles. The van der Waals surface area contributed by atoms with Crippen LogP contribution in [0.3, 0.4) is 0 Å². The van der Waals surface area contributed by atoms with E-state index in [1.807, 2.05) is 0 Å². The third-order valence-corrected chi connectivity index (χ3v) is 6.06. The predicted octanol–water partition coefficient (Wildman–Crippen LogP) is 6.20. The number of hydrogen-bond acceptors (Lipinski definition) is 3. The number of nitrogens with zero attached hydrogens (tertiary/aromatic N) is 1. The van der Waals surface area contributed by atoms with Gasteiger partial charge in [0.25, 0.3) is 5.91 Å². The van der Waals surface area contributed by atoms with Gasteiger partial charge in [-0.25, -0.2) is 13.8 Å². The molecule has 30 heavy (non-hydrogen) atoms. The molecule has 0 spiro atoms. The second-order valence-electron chi connectivity index (χ2n) is 7.71. The Bertz CT molecular complexity index is 1110. The highest BCUT2D eigenvalue weighted by Crippen LogP contribution is 2.32. The smallest absolute Gasteiger partial charge is 0.254 e. The largest absolute Gasteiger partial charge is 0.349 e. The third kappa shape index (κ3) is 4.23. The van der Waals surface area contributed by atoms with E-state index >= 15 is 0 Å². The monoisotopic (exact) mass is 452 g/mol. The molecule has 4 rings (SSSR count). The zero-order valence-electron chi connectivity index (χ0n) is 16.2. The molecule has 1 aliphatic carbocycles. The van der Waals surface area contributed by atoms with Crippen molar-refractivity contribution in [1.29, 1.82) is 0 Å². The van der Waals surface area contributed by atoms with Crippen molar-refractivity contribution in [2.24, 2.45) is 5.92 Å². The minimum Gasteiger partial charge on any atom is -0.349 e. The van der Waals surface area contributed by atoms with Crippen molar-refractivity contribution in [2.75, 3.05) is 5.32 Å². The molecule has 0 atom stereocenters. The van der Waals surface area contributed by atoms with Crippen LogP contribution in [-0.4, -0.2) is 21.9 Å². The molecule has 1 aromatic heterocycles. The van der Waals surface area contributed by atoms with Gasteiger partial charge in [-0.15, -0.1) is 0 Å². The Morgan fingerprint density at radius 1 is 1.13 bits per heavy atom. The molecule has 0 unspecified atom stereocenters. The summed E-state index contributed by atoms with van der Waals surface area (Å²) in [5, 5.41) is 5.66. The molecule has 1 fully saturated rings. The van der Waals surface area contributed by atoms with Crippen LogP contribution in [-0.2, 0) is 0 Å². The van der Waals surface area contributed by atoms with E-state index in [0.717, 1.165) is 25.7 Å². The number of H-pyrrole nitrogens is 1. The summed E-state index contributed by atoms with van der Waals surface area (Å²) in [7, 11) is 0. The summed E-state index contributed by atoms with van der Waals surface area (Å²) in [4.78, 5) is 19.7. The van der Waals surface area contributed by atoms with Crippen LogP contribution in [0.4, 0.5) is 20.4 Å². The van der Waals surface area contributed by atoms with Crippen molar-refractivity contribution in [1.82, 2.24) is 15.3 Å². The molecule has 0 aliphatic heterocycles. The number of carbonyl (C=O) groups is 1. The SMILES string of the molecule is C[C@H]1CC[C@H](NC(=O)c2cc3nc(Nc4c(Cl)ccc(Cl)c4F)[nH]c3cc2F)CC1. The first kappa shape index (κ1) is 20.9. The van der Waals surface area contributed by atoms with Crippen molar-refractivity contribution in [3.63, 3.8) is 0 Å². The van der Waals surface area contributed by atoms with Gasteiger partial charge in [-0.05, 0) is 49.8 Å². The number of aromatic nitrogens is 2. The molecular formula is C21H20Cl2F2N4O. The molecular weight excluding hydrogens is 433 g/mol. The normalized spacial score (nSPS) is 19.1. The minimum atomic E-state index is -0.724. The third-order valence-electron chi connectivity index (χ3n) is 5.45. The van der Waals surface area contributed by atoms with Crippen molar-refractivity contribution in [2.45, 2.75) is 38.6 Å². The summed E-state index contributed by atoms with van der Waals surface area (Å²) < 4.78 is 28.8. The molecule has 0 bridgehead atoms. The average Bonchev–Trinajstić information content (AvgIpc) is 3.10. The number of imidazole rings is 1. The van der Waals surface area contributed by atoms with Gasteiger partial charge in [0, 0.05) is 12.1 Å². The van der Waals surface area contributed by atoms with Crippen LogP contribution in [0.15, 0.2) is 24.3 Å². The summed E-state index contributed by atoms with van der Waals surface area (Å²) in [6.07, 6.45) is 3.87. The van der Waals surface area contributed by atoms with Crippen LogP contribution in [0, 0.1) is 17.6 Å². The number of amides is 1. The highest BCUT2D eigenvalue weighted by atomic mass is 35.5. The lowest BCUT2D eigenvalue weighted by atomic mass is 9.87. The second-order valence-corrected chi connectivity index (χ2v) is 8.52. The average molecular weight is 453 g/mol. The standard InChI is InChI=1S/C21H20Cl2F2N4O/c1-10-2-4-11(5-3-10)26-20(30)12-8-16-17(9-15(12)24)28-21(27-16)29-19-14(23)7-6-13(22)18(19)25/h6-11H,2-5H2,1H3,(H,26,30)(H2,27,28,29)/t10-,11-. The summed E-state index contributed by atoms with van der Waals surface area (Å²) in [5.74, 6) is -1.05. The Hall–Kier alpha value is -2.38. The molecule has 158 valence electrons. The Labute approximate surface area is 182 Å². The van der Waals surface area contributed by atoms with E-state index in [0.29, 0.717) is 17.0 Å². The first-order valence-electron chi connectivity index (χ1n) is 9.72. The quantitative estimate of drug-likeness (QED) is 0.412. The molecule has 1 amide bonds. The van der Waals surface area contributed by atoms with E-state index in [4.69, 9.17) is 23.2 Å². The van der Waals surface area contributed by atoms with Crippen LogP contribution in [0.2, 0.25) is 10.0 Å². The van der Waals surface area contributed by atoms with Gasteiger partial charge in [-0.2, -0.15) is 0 Å². The van der Waals surface area contributed by atoms with E-state index in [-0.39, 0.29) is 33.3 Å². The molecule has 3 aromatic rings. The van der Waals surface area contributed by atoms with Crippen LogP contribution in [0.25, 0.3) is 11.0 Å². The van der Waals surface area contributed by atoms with Gasteiger partial charge in [0.1, 0.15) is 5.82 Å². The lowest BCUT2D eigenvalue weighted by Crippen LogP contribution is -2.37. The fourth-order valence-electron chi connectivity index (χ4n) is 3.69. The second kappa shape index (κ2) is 8.40. The Morgan fingerprint density at radius 3 is 2.57 bits per heavy atom. The zero-order chi connectivity index (χ0) is 21.4. The van der Waals surface area contributed by atoms with E-state index in [2.05, 4.69) is 27.5 Å². The highest BCUT2D eigenvalue weighted by molar-refractivity contribution is 6.35. The van der Waals surface area contributed by atoms with Gasteiger partial charge >= 0.3 is 0 Å². The Kier molecular flexibility index (Phi) is 5.84. The number of hydrogen-bond donors (Lipinski definition) is 3. The van der Waals surface area contributed by atoms with Crippen LogP contribution < -0.4 is 10.6 Å². The lowest BCUT2D eigenvalue weighted by Gasteiger charge is -2.26. The van der Waals surface area contributed by atoms with Gasteiger partial charge < -0.3 is 15.6 Å². The Morgan fingerprint density at radius 2 is 1.83 bits per heavy atom. The number of fused-ring (bicyclic) bond motifs is 1. The van der Waals surface area contributed by atoms with Crippen molar-refractivity contribution in [3.8, 4) is 0 Å². The Balaban J connectivity index is 1.57. The number of anilines is 2. The number of halogens is 4. The van der Waals surface area contributed by atoms with E-state index in [1.165, 1.54) is 24.3 Å². The van der Waals surface area contributed by atoms with Crippen LogP contribution in [0.5, 0.6) is 0 Å². The van der Waals surface area contributed by atoms with Gasteiger partial charge in [0.2, 0.25) is 5.95 Å². The molecule has 2 aromatic carbocycles. The number of rotatable bonds is 4. The van der Waals surface area contributed by atoms with E-state index < -0.39 is 17.5 Å². The number of benzene rings is 2. The van der Waals surface area contributed by atoms with Gasteiger partial charge in [-0.3, -0.25) is 4.79 Å². The van der Waals surface area contributed by atoms with E-state index in [1.54, 1.807) is 0 Å². The summed E-state index contributed by atoms with van der Waals surface area (Å²) >= 11 is 11.8. The fraction of sp³-hybridized carbons (Fsp3) is 0.333. The highest BCUT2D eigenvalue weighted by Gasteiger charge is 2.22. The lowest BCUT2D eigenvalue weighted by molar-refractivity contribution is 0.0919. The predicted molar refractivity (Wildman–Crippen MR) is 115 cm³/mol. The maximum atomic E-state index is 14.6. The molecule has 0 saturated heterocycles. The zero-order valence-corrected chi connectivity index (χ0v) is 17.7. The van der Waals surface area contributed by atoms with Crippen LogP contribution in [0.1, 0.15) is 43.0 Å². The number of aromatic amines is 1. The molecule has 9 heteroatoms. The first-order chi connectivity index (χ1) is 14.3. The van der Waals surface area contributed by atoms with Gasteiger partial charge in [0.15, 0.2) is 5.82 Å². The molecule has 5 nitrogen and oxygen atoms in total. The maximum Gasteiger partial charge on any atom is 0.254 e. The van der Waals surface area contributed by atoms with Crippen molar-refractivity contribution < 1.29 is 13.6 Å². The summed E-state index contributed by atoms with van der Waals surface area (Å²) in [6.45, 7) is 2.19. The van der Waals surface area contributed by atoms with Crippen molar-refractivity contribution >= 4 is 51.8 Å². The van der Waals surface area contributed by atoms with Crippen molar-refractivity contribution in [3.05, 3.63) is 51.5 Å². The molecule has 1 aliphatic rings. The minimum absolute atomic E-state index is 0.0480. The summed E-state index contributed by atoms with van der Waals surface area (Å²) in [6, 6.07) is 5.42. The molecule has 1 heterocycles. The topological polar surface area (TPSA) is 69.8 Å². The number of nitrogens with one attached hydrogen (secondary N) is 3. The summed E-state index contributed by atoms with van der Waals surface area (Å²) in [5.41, 5.74) is 0.593. The first-order valence-corrected chi connectivity index (χ1v) is 10.5. The van der Waals surface area contributed by atoms with Gasteiger partial charge in [0.05, 0.1) is 32.3 Å². The fourth-order valence-corrected chi connectivity index (χ4v) is 4.04.